The van der Waals surface area contributed by atoms with Crippen LogP contribution in [0.2, 0.25) is 0 Å². The van der Waals surface area contributed by atoms with Crippen LogP contribution < -0.4 is 0 Å². The number of esters is 2. The highest BCUT2D eigenvalue weighted by Gasteiger charge is 2.18. The summed E-state index contributed by atoms with van der Waals surface area (Å²) in [4.78, 5) is 24.4. The van der Waals surface area contributed by atoms with Crippen LogP contribution in [0.1, 0.15) is 86.9 Å². The van der Waals surface area contributed by atoms with Crippen LogP contribution in [-0.2, 0) is 9.47 Å². The lowest BCUT2D eigenvalue weighted by atomic mass is 10.0. The molecule has 0 saturated heterocycles. The summed E-state index contributed by atoms with van der Waals surface area (Å²) in [5.74, 6) is -0.523. The van der Waals surface area contributed by atoms with Gasteiger partial charge in [0.2, 0.25) is 0 Å². The van der Waals surface area contributed by atoms with Crippen LogP contribution in [0.4, 0.5) is 0 Å². The first-order chi connectivity index (χ1) is 12.0. The zero-order valence-corrected chi connectivity index (χ0v) is 16.0. The molecule has 0 N–H and O–H groups in total. The van der Waals surface area contributed by atoms with Gasteiger partial charge in [-0.05, 0) is 37.0 Å². The van der Waals surface area contributed by atoms with E-state index in [4.69, 9.17) is 9.47 Å². The predicted octanol–water partition coefficient (Wildman–Crippen LogP) is 5.41. The van der Waals surface area contributed by atoms with E-state index in [2.05, 4.69) is 6.92 Å². The van der Waals surface area contributed by atoms with E-state index in [0.29, 0.717) is 17.7 Å². The molecular formula is C21H32O4. The molecular weight excluding hydrogens is 316 g/mol. The van der Waals surface area contributed by atoms with Gasteiger partial charge < -0.3 is 9.47 Å². The first-order valence-electron chi connectivity index (χ1n) is 9.47. The second kappa shape index (κ2) is 11.7. The van der Waals surface area contributed by atoms with Crippen LogP contribution in [-0.4, -0.2) is 24.6 Å². The van der Waals surface area contributed by atoms with E-state index in [1.165, 1.54) is 19.3 Å². The van der Waals surface area contributed by atoms with Crippen LogP contribution in [0.15, 0.2) is 24.3 Å². The van der Waals surface area contributed by atoms with Crippen molar-refractivity contribution in [1.29, 1.82) is 0 Å². The molecule has 0 radical (unpaired) electrons. The van der Waals surface area contributed by atoms with Crippen molar-refractivity contribution in [3.05, 3.63) is 35.4 Å². The van der Waals surface area contributed by atoms with Crippen molar-refractivity contribution in [3.63, 3.8) is 0 Å². The average molecular weight is 348 g/mol. The molecule has 0 saturated carbocycles. The summed E-state index contributed by atoms with van der Waals surface area (Å²) in [6.45, 7) is 8.63. The minimum Gasteiger partial charge on any atom is -0.462 e. The van der Waals surface area contributed by atoms with Crippen LogP contribution in [0.25, 0.3) is 0 Å². The lowest BCUT2D eigenvalue weighted by molar-refractivity contribution is 0.0173. The van der Waals surface area contributed by atoms with Crippen molar-refractivity contribution in [2.75, 3.05) is 6.61 Å². The third-order valence-corrected chi connectivity index (χ3v) is 4.22. The summed E-state index contributed by atoms with van der Waals surface area (Å²) < 4.78 is 10.8. The molecule has 0 amide bonds. The molecule has 0 fully saturated rings. The Balaban J connectivity index is 2.55. The number of benzene rings is 1. The van der Waals surface area contributed by atoms with Crippen LogP contribution in [0.3, 0.4) is 0 Å². The van der Waals surface area contributed by atoms with E-state index in [0.717, 1.165) is 19.3 Å². The molecule has 1 aromatic carbocycles. The minimum absolute atomic E-state index is 0.119. The maximum Gasteiger partial charge on any atom is 0.338 e. The number of hydrogen-bond donors (Lipinski definition) is 0. The Morgan fingerprint density at radius 1 is 0.960 bits per heavy atom. The minimum atomic E-state index is -0.394. The fraction of sp³-hybridized carbons (Fsp3) is 0.619. The van der Waals surface area contributed by atoms with Gasteiger partial charge >= 0.3 is 11.9 Å². The Kier molecular flexibility index (Phi) is 9.90. The van der Waals surface area contributed by atoms with Crippen LogP contribution in [0, 0.1) is 5.92 Å². The highest BCUT2D eigenvalue weighted by atomic mass is 16.5. The third-order valence-electron chi connectivity index (χ3n) is 4.22. The largest absolute Gasteiger partial charge is 0.462 e. The molecule has 0 aromatic heterocycles. The smallest absolute Gasteiger partial charge is 0.338 e. The molecule has 0 aliphatic heterocycles. The Morgan fingerprint density at radius 3 is 2.20 bits per heavy atom. The predicted molar refractivity (Wildman–Crippen MR) is 99.8 cm³/mol. The highest BCUT2D eigenvalue weighted by molar-refractivity contribution is 5.95. The molecule has 0 aliphatic rings. The van der Waals surface area contributed by atoms with Crippen LogP contribution >= 0.6 is 0 Å². The fourth-order valence-corrected chi connectivity index (χ4v) is 2.62. The van der Waals surface area contributed by atoms with Crippen molar-refractivity contribution in [2.24, 2.45) is 5.92 Å². The molecule has 0 heterocycles. The molecule has 0 aliphatic carbocycles. The molecule has 1 rings (SSSR count). The van der Waals surface area contributed by atoms with E-state index in [-0.39, 0.29) is 18.0 Å². The molecule has 1 aromatic rings. The highest BCUT2D eigenvalue weighted by Crippen LogP contribution is 2.15. The first kappa shape index (κ1) is 21.2. The van der Waals surface area contributed by atoms with Gasteiger partial charge in [0, 0.05) is 0 Å². The summed E-state index contributed by atoms with van der Waals surface area (Å²) in [6, 6.07) is 6.56. The Hall–Kier alpha value is -1.84. The topological polar surface area (TPSA) is 52.6 Å². The average Bonchev–Trinajstić information content (AvgIpc) is 2.62. The summed E-state index contributed by atoms with van der Waals surface area (Å²) in [7, 11) is 0. The number of rotatable bonds is 11. The Morgan fingerprint density at radius 2 is 1.60 bits per heavy atom. The van der Waals surface area contributed by atoms with E-state index >= 15 is 0 Å². The lowest BCUT2D eigenvalue weighted by Crippen LogP contribution is -2.23. The number of hydrogen-bond acceptors (Lipinski definition) is 4. The van der Waals surface area contributed by atoms with Gasteiger partial charge in [0.05, 0.1) is 17.7 Å². The second-order valence-corrected chi connectivity index (χ2v) is 6.73. The third kappa shape index (κ3) is 7.72. The van der Waals surface area contributed by atoms with Gasteiger partial charge in [-0.2, -0.15) is 0 Å². The van der Waals surface area contributed by atoms with E-state index in [9.17, 15) is 9.59 Å². The van der Waals surface area contributed by atoms with Crippen molar-refractivity contribution in [3.8, 4) is 0 Å². The number of carbonyl (C=O) groups is 2. The SMILES string of the molecule is CCCCCCCOC(=O)c1cccc(C(=O)OC(CC)C(C)C)c1. The van der Waals surface area contributed by atoms with Gasteiger partial charge in [0.25, 0.3) is 0 Å². The lowest BCUT2D eigenvalue weighted by Gasteiger charge is -2.19. The summed E-state index contributed by atoms with van der Waals surface area (Å²) in [6.07, 6.45) is 6.17. The summed E-state index contributed by atoms with van der Waals surface area (Å²) in [5.41, 5.74) is 0.775. The Labute approximate surface area is 151 Å². The monoisotopic (exact) mass is 348 g/mol. The molecule has 4 nitrogen and oxygen atoms in total. The quantitative estimate of drug-likeness (QED) is 0.396. The molecule has 1 atom stereocenters. The van der Waals surface area contributed by atoms with Crippen molar-refractivity contribution in [2.45, 2.75) is 72.3 Å². The van der Waals surface area contributed by atoms with Crippen LogP contribution in [0.5, 0.6) is 0 Å². The van der Waals surface area contributed by atoms with Gasteiger partial charge in [-0.3, -0.25) is 0 Å². The van der Waals surface area contributed by atoms with E-state index in [1.54, 1.807) is 24.3 Å². The molecule has 140 valence electrons. The maximum absolute atomic E-state index is 12.3. The second-order valence-electron chi connectivity index (χ2n) is 6.73. The molecule has 25 heavy (non-hydrogen) atoms. The van der Waals surface area contributed by atoms with Gasteiger partial charge in [-0.25, -0.2) is 9.59 Å². The first-order valence-corrected chi connectivity index (χ1v) is 9.47. The van der Waals surface area contributed by atoms with Gasteiger partial charge in [0.15, 0.2) is 0 Å². The van der Waals surface area contributed by atoms with Gasteiger partial charge in [-0.15, -0.1) is 0 Å². The summed E-state index contributed by atoms with van der Waals surface area (Å²) >= 11 is 0. The maximum atomic E-state index is 12.3. The van der Waals surface area contributed by atoms with E-state index in [1.807, 2.05) is 20.8 Å². The molecule has 4 heteroatoms. The Bertz CT molecular complexity index is 536. The molecule has 0 spiro atoms. The number of carbonyl (C=O) groups excluding carboxylic acids is 2. The summed E-state index contributed by atoms with van der Waals surface area (Å²) in [5, 5.41) is 0. The van der Waals surface area contributed by atoms with Crippen molar-refractivity contribution < 1.29 is 19.1 Å². The molecule has 0 bridgehead atoms. The zero-order chi connectivity index (χ0) is 18.7. The van der Waals surface area contributed by atoms with Crippen molar-refractivity contribution in [1.82, 2.24) is 0 Å². The molecule has 1 unspecified atom stereocenters. The zero-order valence-electron chi connectivity index (χ0n) is 16.0. The van der Waals surface area contributed by atoms with Gasteiger partial charge in [0.1, 0.15) is 6.10 Å². The normalized spacial score (nSPS) is 12.0. The number of ether oxygens (including phenoxy) is 2. The van der Waals surface area contributed by atoms with Gasteiger partial charge in [-0.1, -0.05) is 59.4 Å². The standard InChI is InChI=1S/C21H32O4/c1-5-7-8-9-10-14-24-20(22)17-12-11-13-18(15-17)21(23)25-19(6-2)16(3)4/h11-13,15-16,19H,5-10,14H2,1-4H3. The fourth-order valence-electron chi connectivity index (χ4n) is 2.62. The van der Waals surface area contributed by atoms with Crippen molar-refractivity contribution >= 4 is 11.9 Å². The van der Waals surface area contributed by atoms with E-state index < -0.39 is 5.97 Å². The number of unbranched alkanes of at least 4 members (excludes halogenated alkanes) is 4.